The number of aliphatic carboxylic acids is 1. The van der Waals surface area contributed by atoms with Crippen LogP contribution in [0.25, 0.3) is 0 Å². The van der Waals surface area contributed by atoms with E-state index in [0.717, 1.165) is 49.5 Å². The second-order valence-corrected chi connectivity index (χ2v) is 9.43. The van der Waals surface area contributed by atoms with Gasteiger partial charge in [-0.1, -0.05) is 42.5 Å². The SMILES string of the molecule is O=C(O)CCc1ccc(C(=Nc2ccc(CN3CCNCC3)cc2)C2C(=O)Nc3cc(F)ccc32)cc1. The lowest BCUT2D eigenvalue weighted by Crippen LogP contribution is -2.42. The highest BCUT2D eigenvalue weighted by atomic mass is 19.1. The molecule has 1 unspecified atom stereocenters. The molecule has 3 aromatic carbocycles. The molecule has 3 aromatic rings. The first kappa shape index (κ1) is 24.8. The maximum absolute atomic E-state index is 13.8. The van der Waals surface area contributed by atoms with Crippen LogP contribution >= 0.6 is 0 Å². The van der Waals surface area contributed by atoms with Gasteiger partial charge >= 0.3 is 5.97 Å². The number of carbonyl (C=O) groups excluding carboxylic acids is 1. The number of nitrogens with zero attached hydrogens (tertiary/aromatic N) is 2. The number of piperazine rings is 1. The molecule has 1 amide bonds. The Morgan fingerprint density at radius 3 is 2.41 bits per heavy atom. The molecule has 0 saturated carbocycles. The molecule has 0 spiro atoms. The minimum Gasteiger partial charge on any atom is -0.481 e. The first-order chi connectivity index (χ1) is 18.0. The summed E-state index contributed by atoms with van der Waals surface area (Å²) in [5.74, 6) is -2.22. The summed E-state index contributed by atoms with van der Waals surface area (Å²) >= 11 is 0. The van der Waals surface area contributed by atoms with Gasteiger partial charge in [0.05, 0.1) is 11.4 Å². The number of nitrogens with one attached hydrogen (secondary N) is 2. The molecule has 37 heavy (non-hydrogen) atoms. The average Bonchev–Trinajstić information content (AvgIpc) is 3.22. The van der Waals surface area contributed by atoms with Crippen LogP contribution in [-0.4, -0.2) is 53.8 Å². The van der Waals surface area contributed by atoms with Gasteiger partial charge in [0.15, 0.2) is 0 Å². The highest BCUT2D eigenvalue weighted by Gasteiger charge is 2.35. The molecule has 2 aliphatic rings. The predicted molar refractivity (Wildman–Crippen MR) is 141 cm³/mol. The number of benzene rings is 3. The van der Waals surface area contributed by atoms with Gasteiger partial charge in [0.1, 0.15) is 11.7 Å². The number of fused-ring (bicyclic) bond motifs is 1. The first-order valence-corrected chi connectivity index (χ1v) is 12.5. The van der Waals surface area contributed by atoms with E-state index in [2.05, 4.69) is 27.7 Å². The summed E-state index contributed by atoms with van der Waals surface area (Å²) in [7, 11) is 0. The number of hydrogen-bond acceptors (Lipinski definition) is 5. The summed E-state index contributed by atoms with van der Waals surface area (Å²) < 4.78 is 13.8. The fourth-order valence-electron chi connectivity index (χ4n) is 4.84. The fraction of sp³-hybridized carbons (Fsp3) is 0.276. The van der Waals surface area contributed by atoms with Gasteiger partial charge in [-0.05, 0) is 52.9 Å². The van der Waals surface area contributed by atoms with Gasteiger partial charge in [0.25, 0.3) is 0 Å². The summed E-state index contributed by atoms with van der Waals surface area (Å²) in [5.41, 5.74) is 5.24. The number of carboxylic acid groups (broad SMARTS) is 1. The molecule has 2 aliphatic heterocycles. The molecule has 0 aromatic heterocycles. The van der Waals surface area contributed by atoms with E-state index < -0.39 is 17.7 Å². The monoisotopic (exact) mass is 500 g/mol. The van der Waals surface area contributed by atoms with Gasteiger partial charge in [-0.3, -0.25) is 19.5 Å². The van der Waals surface area contributed by atoms with Gasteiger partial charge in [-0.25, -0.2) is 4.39 Å². The minimum absolute atomic E-state index is 0.0462. The summed E-state index contributed by atoms with van der Waals surface area (Å²) in [4.78, 5) is 31.3. The zero-order valence-electron chi connectivity index (χ0n) is 20.4. The molecule has 190 valence electrons. The Labute approximate surface area is 215 Å². The zero-order valence-corrected chi connectivity index (χ0v) is 20.4. The predicted octanol–water partition coefficient (Wildman–Crippen LogP) is 4.10. The van der Waals surface area contributed by atoms with Crippen LogP contribution in [0.4, 0.5) is 15.8 Å². The van der Waals surface area contributed by atoms with E-state index in [1.54, 1.807) is 6.07 Å². The van der Waals surface area contributed by atoms with Gasteiger partial charge in [-0.15, -0.1) is 0 Å². The molecule has 1 fully saturated rings. The van der Waals surface area contributed by atoms with Gasteiger partial charge in [-0.2, -0.15) is 0 Å². The Morgan fingerprint density at radius 1 is 1.00 bits per heavy atom. The Balaban J connectivity index is 1.46. The second-order valence-electron chi connectivity index (χ2n) is 9.43. The Morgan fingerprint density at radius 2 is 1.70 bits per heavy atom. The lowest BCUT2D eigenvalue weighted by Gasteiger charge is -2.27. The van der Waals surface area contributed by atoms with Crippen LogP contribution in [0.5, 0.6) is 0 Å². The highest BCUT2D eigenvalue weighted by molar-refractivity contribution is 6.24. The maximum Gasteiger partial charge on any atom is 0.303 e. The standard InChI is InChI=1S/C29H29FN4O3/c30-22-8-11-24-25(17-22)33-29(37)27(24)28(21-6-1-19(2-7-21)5-12-26(35)36)32-23-9-3-20(4-10-23)18-34-15-13-31-14-16-34/h1-4,6-11,17,27,31H,5,12-16,18H2,(H,33,37)(H,35,36). The molecule has 5 rings (SSSR count). The molecule has 3 N–H and O–H groups in total. The van der Waals surface area contributed by atoms with Gasteiger partial charge in [0.2, 0.25) is 5.91 Å². The Kier molecular flexibility index (Phi) is 7.39. The van der Waals surface area contributed by atoms with Crippen molar-refractivity contribution in [3.63, 3.8) is 0 Å². The second kappa shape index (κ2) is 11.0. The molecule has 0 bridgehead atoms. The number of anilines is 1. The van der Waals surface area contributed by atoms with Crippen molar-refractivity contribution in [3.05, 3.63) is 94.8 Å². The summed E-state index contributed by atoms with van der Waals surface area (Å²) in [6, 6.07) is 19.8. The Hall–Kier alpha value is -3.88. The highest BCUT2D eigenvalue weighted by Crippen LogP contribution is 2.36. The van der Waals surface area contributed by atoms with Crippen molar-refractivity contribution in [3.8, 4) is 0 Å². The molecular weight excluding hydrogens is 471 g/mol. The van der Waals surface area contributed by atoms with Crippen LogP contribution in [0.3, 0.4) is 0 Å². The molecule has 8 heteroatoms. The number of aliphatic imine (C=N–C) groups is 1. The van der Waals surface area contributed by atoms with Crippen LogP contribution < -0.4 is 10.6 Å². The van der Waals surface area contributed by atoms with E-state index in [4.69, 9.17) is 10.1 Å². The summed E-state index contributed by atoms with van der Waals surface area (Å²) in [6.45, 7) is 4.90. The van der Waals surface area contributed by atoms with Crippen LogP contribution in [0.15, 0.2) is 71.7 Å². The van der Waals surface area contributed by atoms with E-state index >= 15 is 0 Å². The number of aryl methyl sites for hydroxylation is 1. The minimum atomic E-state index is -0.849. The van der Waals surface area contributed by atoms with E-state index in [1.165, 1.54) is 17.7 Å². The van der Waals surface area contributed by atoms with Gasteiger partial charge in [0, 0.05) is 44.8 Å². The topological polar surface area (TPSA) is 94.0 Å². The number of carboxylic acids is 1. The zero-order chi connectivity index (χ0) is 25.8. The lowest BCUT2D eigenvalue weighted by atomic mass is 9.90. The fourth-order valence-corrected chi connectivity index (χ4v) is 4.84. The van der Waals surface area contributed by atoms with Crippen molar-refractivity contribution >= 4 is 29.0 Å². The van der Waals surface area contributed by atoms with E-state index in [1.807, 2.05) is 36.4 Å². The quantitative estimate of drug-likeness (QED) is 0.405. The molecule has 1 saturated heterocycles. The van der Waals surface area contributed by atoms with Crippen molar-refractivity contribution in [2.45, 2.75) is 25.3 Å². The van der Waals surface area contributed by atoms with Crippen molar-refractivity contribution in [2.75, 3.05) is 31.5 Å². The van der Waals surface area contributed by atoms with E-state index in [0.29, 0.717) is 23.4 Å². The van der Waals surface area contributed by atoms with Crippen molar-refractivity contribution in [1.29, 1.82) is 0 Å². The lowest BCUT2D eigenvalue weighted by molar-refractivity contribution is -0.137. The number of hydrogen-bond donors (Lipinski definition) is 3. The third-order valence-electron chi connectivity index (χ3n) is 6.80. The van der Waals surface area contributed by atoms with Crippen LogP contribution in [-0.2, 0) is 22.6 Å². The average molecular weight is 501 g/mol. The normalized spacial score (nSPS) is 17.9. The number of amides is 1. The first-order valence-electron chi connectivity index (χ1n) is 12.5. The molecule has 7 nitrogen and oxygen atoms in total. The van der Waals surface area contributed by atoms with Crippen LogP contribution in [0.1, 0.15) is 34.6 Å². The Bertz CT molecular complexity index is 1320. The smallest absolute Gasteiger partial charge is 0.303 e. The maximum atomic E-state index is 13.8. The largest absolute Gasteiger partial charge is 0.481 e. The summed E-state index contributed by atoms with van der Waals surface area (Å²) in [5, 5.41) is 15.1. The van der Waals surface area contributed by atoms with Crippen molar-refractivity contribution in [2.24, 2.45) is 4.99 Å². The number of rotatable bonds is 8. The molecule has 0 aliphatic carbocycles. The molecule has 0 radical (unpaired) electrons. The molecule has 2 heterocycles. The molecule has 1 atom stereocenters. The van der Waals surface area contributed by atoms with Crippen molar-refractivity contribution < 1.29 is 19.1 Å². The molecular formula is C29H29FN4O3. The third kappa shape index (κ3) is 5.93. The van der Waals surface area contributed by atoms with Gasteiger partial charge < -0.3 is 15.7 Å². The van der Waals surface area contributed by atoms with Crippen LogP contribution in [0, 0.1) is 5.82 Å². The van der Waals surface area contributed by atoms with Crippen molar-refractivity contribution in [1.82, 2.24) is 10.2 Å². The summed E-state index contributed by atoms with van der Waals surface area (Å²) in [6.07, 6.45) is 0.465. The van der Waals surface area contributed by atoms with E-state index in [9.17, 15) is 14.0 Å². The van der Waals surface area contributed by atoms with E-state index in [-0.39, 0.29) is 12.3 Å². The van der Waals surface area contributed by atoms with Crippen LogP contribution in [0.2, 0.25) is 0 Å². The third-order valence-corrected chi connectivity index (χ3v) is 6.80. The number of carbonyl (C=O) groups is 2. The number of halogens is 1.